The summed E-state index contributed by atoms with van der Waals surface area (Å²) in [6, 6.07) is 0.617. The zero-order chi connectivity index (χ0) is 13.6. The van der Waals surface area contributed by atoms with Gasteiger partial charge >= 0.3 is 0 Å². The van der Waals surface area contributed by atoms with E-state index < -0.39 is 0 Å². The zero-order valence-corrected chi connectivity index (χ0v) is 13.0. The lowest BCUT2D eigenvalue weighted by atomic mass is 9.76. The molecule has 2 rings (SSSR count). The third-order valence-electron chi connectivity index (χ3n) is 5.15. The molecule has 0 aromatic heterocycles. The van der Waals surface area contributed by atoms with Crippen LogP contribution in [-0.2, 0) is 4.74 Å². The Labute approximate surface area is 113 Å². The van der Waals surface area contributed by atoms with Crippen LogP contribution in [0, 0.1) is 17.8 Å². The molecule has 1 heterocycles. The minimum atomic E-state index is 0.00298. The van der Waals surface area contributed by atoms with Gasteiger partial charge in [-0.2, -0.15) is 0 Å². The topological polar surface area (TPSA) is 21.3 Å². The quantitative estimate of drug-likeness (QED) is 0.829. The summed E-state index contributed by atoms with van der Waals surface area (Å²) in [7, 11) is 2.13. The van der Waals surface area contributed by atoms with E-state index in [4.69, 9.17) is 4.74 Å². The molecule has 4 atom stereocenters. The fourth-order valence-electron chi connectivity index (χ4n) is 4.51. The number of nitrogens with one attached hydrogen (secondary N) is 1. The van der Waals surface area contributed by atoms with Crippen LogP contribution in [0.1, 0.15) is 60.3 Å². The Balaban J connectivity index is 2.13. The van der Waals surface area contributed by atoms with Crippen molar-refractivity contribution in [3.63, 3.8) is 0 Å². The molecule has 2 nitrogen and oxygen atoms in total. The monoisotopic (exact) mass is 253 g/mol. The second-order valence-electron chi connectivity index (χ2n) is 7.77. The van der Waals surface area contributed by atoms with Crippen molar-refractivity contribution in [1.82, 2.24) is 5.32 Å². The summed E-state index contributed by atoms with van der Waals surface area (Å²) in [5, 5.41) is 3.62. The fraction of sp³-hybridized carbons (Fsp3) is 1.00. The van der Waals surface area contributed by atoms with Gasteiger partial charge in [-0.05, 0) is 65.8 Å². The Hall–Kier alpha value is -0.0800. The lowest BCUT2D eigenvalue weighted by Gasteiger charge is -2.36. The molecule has 1 N–H and O–H groups in total. The van der Waals surface area contributed by atoms with E-state index in [1.807, 2.05) is 0 Å². The first-order chi connectivity index (χ1) is 8.25. The van der Waals surface area contributed by atoms with Gasteiger partial charge in [-0.3, -0.25) is 0 Å². The first kappa shape index (κ1) is 14.3. The Kier molecular flexibility index (Phi) is 3.81. The van der Waals surface area contributed by atoms with Gasteiger partial charge in [-0.15, -0.1) is 0 Å². The van der Waals surface area contributed by atoms with E-state index >= 15 is 0 Å². The molecule has 2 fully saturated rings. The standard InChI is InChI=1S/C16H31NO/c1-11-7-8-12(9-11)14(17-6)13-10-15(2,3)18-16(13,4)5/h11-14,17H,7-10H2,1-6H3. The molecular weight excluding hydrogens is 222 g/mol. The third-order valence-corrected chi connectivity index (χ3v) is 5.15. The van der Waals surface area contributed by atoms with Gasteiger partial charge in [0, 0.05) is 12.0 Å². The molecule has 1 aliphatic heterocycles. The molecule has 2 aliphatic rings. The number of hydrogen-bond donors (Lipinski definition) is 1. The van der Waals surface area contributed by atoms with Crippen LogP contribution in [-0.4, -0.2) is 24.3 Å². The van der Waals surface area contributed by atoms with Gasteiger partial charge < -0.3 is 10.1 Å². The normalized spacial score (nSPS) is 40.0. The Morgan fingerprint density at radius 2 is 1.83 bits per heavy atom. The van der Waals surface area contributed by atoms with Crippen molar-refractivity contribution in [2.24, 2.45) is 17.8 Å². The predicted molar refractivity (Wildman–Crippen MR) is 76.7 cm³/mol. The van der Waals surface area contributed by atoms with E-state index in [1.54, 1.807) is 0 Å². The maximum Gasteiger partial charge on any atom is 0.0677 e. The van der Waals surface area contributed by atoms with E-state index in [0.29, 0.717) is 12.0 Å². The van der Waals surface area contributed by atoms with Crippen LogP contribution in [0.2, 0.25) is 0 Å². The molecule has 0 bridgehead atoms. The SMILES string of the molecule is CNC(C1CCC(C)C1)C1CC(C)(C)OC1(C)C. The van der Waals surface area contributed by atoms with Gasteiger partial charge in [0.2, 0.25) is 0 Å². The summed E-state index contributed by atoms with van der Waals surface area (Å²) in [6.07, 6.45) is 5.36. The second kappa shape index (κ2) is 4.79. The molecule has 106 valence electrons. The minimum Gasteiger partial charge on any atom is -0.369 e. The highest BCUT2D eigenvalue weighted by Gasteiger charge is 2.50. The summed E-state index contributed by atoms with van der Waals surface area (Å²) in [4.78, 5) is 0. The molecule has 1 saturated carbocycles. The number of hydrogen-bond acceptors (Lipinski definition) is 2. The van der Waals surface area contributed by atoms with Crippen LogP contribution in [0.5, 0.6) is 0 Å². The van der Waals surface area contributed by atoms with Gasteiger partial charge in [0.05, 0.1) is 11.2 Å². The average Bonchev–Trinajstić information content (AvgIpc) is 2.70. The van der Waals surface area contributed by atoms with Crippen LogP contribution in [0.25, 0.3) is 0 Å². The third kappa shape index (κ3) is 2.75. The summed E-state index contributed by atoms with van der Waals surface area (Å²) >= 11 is 0. The Bertz CT molecular complexity index is 297. The van der Waals surface area contributed by atoms with Crippen LogP contribution in [0.15, 0.2) is 0 Å². The van der Waals surface area contributed by atoms with E-state index in [2.05, 4.69) is 47.0 Å². The molecular formula is C16H31NO. The zero-order valence-electron chi connectivity index (χ0n) is 13.0. The number of rotatable bonds is 3. The van der Waals surface area contributed by atoms with Crippen LogP contribution in [0.3, 0.4) is 0 Å². The van der Waals surface area contributed by atoms with Crippen molar-refractivity contribution in [2.75, 3.05) is 7.05 Å². The predicted octanol–water partition coefficient (Wildman–Crippen LogP) is 3.60. The molecule has 0 amide bonds. The van der Waals surface area contributed by atoms with Crippen molar-refractivity contribution in [2.45, 2.75) is 77.5 Å². The van der Waals surface area contributed by atoms with E-state index in [0.717, 1.165) is 11.8 Å². The highest BCUT2D eigenvalue weighted by Crippen LogP contribution is 2.47. The molecule has 0 aromatic rings. The van der Waals surface area contributed by atoms with E-state index in [1.165, 1.54) is 25.7 Å². The molecule has 1 aliphatic carbocycles. The molecule has 1 saturated heterocycles. The van der Waals surface area contributed by atoms with Crippen molar-refractivity contribution < 1.29 is 4.74 Å². The van der Waals surface area contributed by atoms with Crippen molar-refractivity contribution in [1.29, 1.82) is 0 Å². The summed E-state index contributed by atoms with van der Waals surface area (Å²) < 4.78 is 6.28. The highest BCUT2D eigenvalue weighted by molar-refractivity contribution is 5.01. The van der Waals surface area contributed by atoms with Gasteiger partial charge in [0.1, 0.15) is 0 Å². The molecule has 0 aromatic carbocycles. The first-order valence-corrected chi connectivity index (χ1v) is 7.62. The smallest absolute Gasteiger partial charge is 0.0677 e. The average molecular weight is 253 g/mol. The highest BCUT2D eigenvalue weighted by atomic mass is 16.5. The maximum atomic E-state index is 6.28. The maximum absolute atomic E-state index is 6.28. The van der Waals surface area contributed by atoms with Crippen molar-refractivity contribution in [3.05, 3.63) is 0 Å². The van der Waals surface area contributed by atoms with E-state index in [9.17, 15) is 0 Å². The van der Waals surface area contributed by atoms with E-state index in [-0.39, 0.29) is 11.2 Å². The first-order valence-electron chi connectivity index (χ1n) is 7.62. The molecule has 2 heteroatoms. The van der Waals surface area contributed by atoms with Gasteiger partial charge in [-0.25, -0.2) is 0 Å². The number of ether oxygens (including phenoxy) is 1. The summed E-state index contributed by atoms with van der Waals surface area (Å²) in [5.41, 5.74) is 0.0382. The molecule has 4 unspecified atom stereocenters. The van der Waals surface area contributed by atoms with Gasteiger partial charge in [0.25, 0.3) is 0 Å². The summed E-state index contributed by atoms with van der Waals surface area (Å²) in [5.74, 6) is 2.38. The Morgan fingerprint density at radius 1 is 1.17 bits per heavy atom. The van der Waals surface area contributed by atoms with Crippen LogP contribution < -0.4 is 5.32 Å². The minimum absolute atomic E-state index is 0.00298. The van der Waals surface area contributed by atoms with Gasteiger partial charge in [-0.1, -0.05) is 13.3 Å². The van der Waals surface area contributed by atoms with Crippen LogP contribution >= 0.6 is 0 Å². The molecule has 0 radical (unpaired) electrons. The summed E-state index contributed by atoms with van der Waals surface area (Å²) in [6.45, 7) is 11.4. The fourth-order valence-corrected chi connectivity index (χ4v) is 4.51. The molecule has 0 spiro atoms. The van der Waals surface area contributed by atoms with Crippen molar-refractivity contribution in [3.8, 4) is 0 Å². The molecule has 18 heavy (non-hydrogen) atoms. The lowest BCUT2D eigenvalue weighted by molar-refractivity contribution is -0.0793. The second-order valence-corrected chi connectivity index (χ2v) is 7.77. The van der Waals surface area contributed by atoms with Gasteiger partial charge in [0.15, 0.2) is 0 Å². The lowest BCUT2D eigenvalue weighted by Crippen LogP contribution is -2.46. The van der Waals surface area contributed by atoms with Crippen LogP contribution in [0.4, 0.5) is 0 Å². The largest absolute Gasteiger partial charge is 0.369 e. The Morgan fingerprint density at radius 3 is 2.22 bits per heavy atom. The van der Waals surface area contributed by atoms with Crippen molar-refractivity contribution >= 4 is 0 Å².